The Morgan fingerprint density at radius 2 is 2.05 bits per heavy atom. The van der Waals surface area contributed by atoms with Gasteiger partial charge in [-0.1, -0.05) is 0 Å². The zero-order chi connectivity index (χ0) is 13.7. The maximum Gasteiger partial charge on any atom is 0.469 e. The molecule has 0 aliphatic carbocycles. The molecule has 1 N–H and O–H groups in total. The van der Waals surface area contributed by atoms with Gasteiger partial charge in [0, 0.05) is 13.1 Å². The molecule has 1 saturated heterocycles. The Balaban J connectivity index is 0.00000200. The molecule has 110 valence electrons. The van der Waals surface area contributed by atoms with Gasteiger partial charge in [0.15, 0.2) is 4.98 Å². The lowest BCUT2D eigenvalue weighted by Gasteiger charge is -2.20. The van der Waals surface area contributed by atoms with E-state index in [0.717, 1.165) is 25.2 Å². The Bertz CT molecular complexity index is 484. The van der Waals surface area contributed by atoms with Crippen molar-refractivity contribution in [1.29, 1.82) is 5.39 Å². The minimum absolute atomic E-state index is 0. The first-order chi connectivity index (χ1) is 9.31. The number of anilines is 1. The summed E-state index contributed by atoms with van der Waals surface area (Å²) in [6.45, 7) is 6.63. The molecule has 2 rings (SSSR count). The van der Waals surface area contributed by atoms with Crippen LogP contribution in [-0.2, 0) is 0 Å². The van der Waals surface area contributed by atoms with Gasteiger partial charge in [0.1, 0.15) is 5.69 Å². The Morgan fingerprint density at radius 1 is 1.30 bits per heavy atom. The Labute approximate surface area is 125 Å². The van der Waals surface area contributed by atoms with Gasteiger partial charge < -0.3 is 26.9 Å². The number of nitrogens with one attached hydrogen (secondary N) is 1. The van der Waals surface area contributed by atoms with E-state index in [1.54, 1.807) is 6.07 Å². The summed E-state index contributed by atoms with van der Waals surface area (Å²) in [5.41, 5.74) is 4.48. The molecule has 1 aliphatic heterocycles. The summed E-state index contributed by atoms with van der Waals surface area (Å²) in [4.78, 5) is 3.34. The van der Waals surface area contributed by atoms with Crippen molar-refractivity contribution in [2.75, 3.05) is 31.3 Å². The van der Waals surface area contributed by atoms with Crippen molar-refractivity contribution >= 4 is 11.4 Å². The number of halogens is 1. The quantitative estimate of drug-likeness (QED) is 0.756. The van der Waals surface area contributed by atoms with Crippen LogP contribution in [0.25, 0.3) is 4.98 Å². The minimum atomic E-state index is 0. The van der Waals surface area contributed by atoms with E-state index in [0.29, 0.717) is 30.4 Å². The van der Waals surface area contributed by atoms with Gasteiger partial charge >= 0.3 is 5.69 Å². The monoisotopic (exact) mass is 298 g/mol. The highest BCUT2D eigenvalue weighted by atomic mass is 35.5. The zero-order valence-electron chi connectivity index (χ0n) is 11.7. The first-order valence-corrected chi connectivity index (χ1v) is 6.60. The highest BCUT2D eigenvalue weighted by Gasteiger charge is 2.30. The molecule has 1 aliphatic rings. The van der Waals surface area contributed by atoms with Crippen molar-refractivity contribution in [1.82, 2.24) is 5.43 Å². The largest absolute Gasteiger partial charge is 1.00 e. The number of ether oxygens (including phenoxy) is 2. The van der Waals surface area contributed by atoms with Crippen molar-refractivity contribution in [3.8, 4) is 11.5 Å². The molecule has 0 atom stereocenters. The highest BCUT2D eigenvalue weighted by Crippen LogP contribution is 2.44. The number of hydrazine groups is 1. The fourth-order valence-corrected chi connectivity index (χ4v) is 2.14. The van der Waals surface area contributed by atoms with Crippen LogP contribution in [0.15, 0.2) is 12.1 Å². The maximum atomic E-state index is 9.25. The SMILES string of the molecule is CCOc1ccc(N2CCCN2)c(OCC)c1[N+]#N.[Cl-]. The second-order valence-corrected chi connectivity index (χ2v) is 4.14. The molecule has 0 amide bonds. The van der Waals surface area contributed by atoms with Gasteiger partial charge in [0.05, 0.1) is 13.2 Å². The lowest BCUT2D eigenvalue weighted by atomic mass is 10.2. The molecule has 0 radical (unpaired) electrons. The predicted molar refractivity (Wildman–Crippen MR) is 73.5 cm³/mol. The summed E-state index contributed by atoms with van der Waals surface area (Å²) < 4.78 is 11.1. The molecule has 1 aromatic carbocycles. The van der Waals surface area contributed by atoms with Crippen LogP contribution in [0.5, 0.6) is 11.5 Å². The highest BCUT2D eigenvalue weighted by molar-refractivity contribution is 5.78. The molecule has 1 fully saturated rings. The summed E-state index contributed by atoms with van der Waals surface area (Å²) in [5, 5.41) is 11.3. The van der Waals surface area contributed by atoms with Crippen LogP contribution in [0, 0.1) is 5.39 Å². The number of benzene rings is 1. The molecular weight excluding hydrogens is 280 g/mol. The van der Waals surface area contributed by atoms with E-state index < -0.39 is 0 Å². The Morgan fingerprint density at radius 3 is 2.60 bits per heavy atom. The van der Waals surface area contributed by atoms with Gasteiger partial charge in [-0.15, -0.1) is 0 Å². The number of rotatable bonds is 5. The molecule has 0 aromatic heterocycles. The third kappa shape index (κ3) is 3.24. The molecule has 0 unspecified atom stereocenters. The van der Waals surface area contributed by atoms with E-state index in [-0.39, 0.29) is 12.4 Å². The average Bonchev–Trinajstić information content (AvgIpc) is 2.94. The first-order valence-electron chi connectivity index (χ1n) is 6.60. The van der Waals surface area contributed by atoms with E-state index in [4.69, 9.17) is 9.47 Å². The van der Waals surface area contributed by atoms with Crippen LogP contribution >= 0.6 is 0 Å². The molecule has 0 spiro atoms. The molecule has 1 heterocycles. The van der Waals surface area contributed by atoms with Crippen molar-refractivity contribution in [3.63, 3.8) is 0 Å². The average molecular weight is 299 g/mol. The predicted octanol–water partition coefficient (Wildman–Crippen LogP) is -0.313. The third-order valence-electron chi connectivity index (χ3n) is 2.91. The number of diazo groups is 1. The standard InChI is InChI=1S/C13H19N4O2.ClH/c1-3-18-11-7-6-10(17-9-5-8-15-17)13(19-4-2)12(11)16-14;/h6-7,15H,3-5,8-9H2,1-2H3;1H/q+1;/p-1. The second-order valence-electron chi connectivity index (χ2n) is 4.14. The lowest BCUT2D eigenvalue weighted by molar-refractivity contribution is -0.00000525. The van der Waals surface area contributed by atoms with Gasteiger partial charge in [-0.3, -0.25) is 0 Å². The van der Waals surface area contributed by atoms with Crippen LogP contribution in [-0.4, -0.2) is 26.3 Å². The van der Waals surface area contributed by atoms with Gasteiger partial charge in [0.25, 0.3) is 0 Å². The van der Waals surface area contributed by atoms with E-state index in [2.05, 4.69) is 10.4 Å². The van der Waals surface area contributed by atoms with Gasteiger partial charge in [-0.05, 0) is 32.4 Å². The maximum absolute atomic E-state index is 9.25. The molecule has 20 heavy (non-hydrogen) atoms. The zero-order valence-corrected chi connectivity index (χ0v) is 12.5. The normalized spacial score (nSPS) is 13.6. The fraction of sp³-hybridized carbons (Fsp3) is 0.538. The molecule has 0 bridgehead atoms. The van der Waals surface area contributed by atoms with Gasteiger partial charge in [0.2, 0.25) is 16.9 Å². The molecular formula is C13H19ClN4O2. The first kappa shape index (κ1) is 16.3. The molecule has 0 saturated carbocycles. The smallest absolute Gasteiger partial charge is 0.469 e. The lowest BCUT2D eigenvalue weighted by Crippen LogP contribution is -3.00. The fourth-order valence-electron chi connectivity index (χ4n) is 2.14. The summed E-state index contributed by atoms with van der Waals surface area (Å²) >= 11 is 0. The third-order valence-corrected chi connectivity index (χ3v) is 2.91. The molecule has 1 aromatic rings. The van der Waals surface area contributed by atoms with Crippen molar-refractivity contribution in [2.24, 2.45) is 0 Å². The van der Waals surface area contributed by atoms with E-state index in [1.165, 1.54) is 0 Å². The summed E-state index contributed by atoms with van der Waals surface area (Å²) in [6.07, 6.45) is 1.07. The van der Waals surface area contributed by atoms with E-state index in [9.17, 15) is 5.39 Å². The van der Waals surface area contributed by atoms with Crippen molar-refractivity contribution in [3.05, 3.63) is 17.1 Å². The van der Waals surface area contributed by atoms with Crippen LogP contribution in [0.4, 0.5) is 11.4 Å². The van der Waals surface area contributed by atoms with Crippen LogP contribution in [0.2, 0.25) is 0 Å². The van der Waals surface area contributed by atoms with Crippen molar-refractivity contribution < 1.29 is 21.9 Å². The molecule has 6 nitrogen and oxygen atoms in total. The van der Waals surface area contributed by atoms with E-state index >= 15 is 0 Å². The minimum Gasteiger partial charge on any atom is -1.00 e. The van der Waals surface area contributed by atoms with Crippen LogP contribution in [0.1, 0.15) is 20.3 Å². The topological polar surface area (TPSA) is 61.9 Å². The van der Waals surface area contributed by atoms with Crippen LogP contribution in [0.3, 0.4) is 0 Å². The number of nitrogens with zero attached hydrogens (tertiary/aromatic N) is 3. The summed E-state index contributed by atoms with van der Waals surface area (Å²) in [6, 6.07) is 3.72. The van der Waals surface area contributed by atoms with Gasteiger partial charge in [-0.25, -0.2) is 5.43 Å². The summed E-state index contributed by atoms with van der Waals surface area (Å²) in [5.74, 6) is 1.07. The Kier molecular flexibility index (Phi) is 6.36. The second kappa shape index (κ2) is 7.78. The van der Waals surface area contributed by atoms with Crippen LogP contribution < -0.4 is 32.3 Å². The Hall–Kier alpha value is -1.71. The number of hydrogen-bond acceptors (Lipinski definition) is 5. The summed E-state index contributed by atoms with van der Waals surface area (Å²) in [7, 11) is 0. The van der Waals surface area contributed by atoms with Gasteiger partial charge in [-0.2, -0.15) is 0 Å². The van der Waals surface area contributed by atoms with Crippen molar-refractivity contribution in [2.45, 2.75) is 20.3 Å². The van der Waals surface area contributed by atoms with E-state index in [1.807, 2.05) is 24.9 Å². The molecule has 7 heteroatoms. The number of hydrogen-bond donors (Lipinski definition) is 1.